The van der Waals surface area contributed by atoms with Gasteiger partial charge in [0, 0.05) is 22.6 Å². The number of hydrogen-bond donors (Lipinski definition) is 2. The molecule has 6 heteroatoms. The van der Waals surface area contributed by atoms with Gasteiger partial charge in [-0.1, -0.05) is 18.2 Å². The smallest absolute Gasteiger partial charge is 0.265 e. The van der Waals surface area contributed by atoms with E-state index in [1.165, 1.54) is 12.1 Å². The van der Waals surface area contributed by atoms with Gasteiger partial charge >= 0.3 is 0 Å². The van der Waals surface area contributed by atoms with Gasteiger partial charge in [0.2, 0.25) is 0 Å². The van der Waals surface area contributed by atoms with E-state index in [9.17, 15) is 18.0 Å². The van der Waals surface area contributed by atoms with Crippen LogP contribution in [0.25, 0.3) is 22.0 Å². The quantitative estimate of drug-likeness (QED) is 0.699. The summed E-state index contributed by atoms with van der Waals surface area (Å²) in [6, 6.07) is 5.73. The predicted octanol–water partition coefficient (Wildman–Crippen LogP) is 3.35. The second-order valence-electron chi connectivity index (χ2n) is 4.48. The van der Waals surface area contributed by atoms with Crippen LogP contribution in [0.3, 0.4) is 0 Å². The van der Waals surface area contributed by atoms with E-state index in [1.807, 2.05) is 0 Å². The van der Waals surface area contributed by atoms with E-state index in [-0.39, 0.29) is 16.8 Å². The van der Waals surface area contributed by atoms with Crippen LogP contribution in [-0.4, -0.2) is 10.9 Å². The number of carbonyl (C=O) groups is 1. The zero-order valence-electron chi connectivity index (χ0n) is 11.5. The third kappa shape index (κ3) is 2.14. The van der Waals surface area contributed by atoms with Crippen molar-refractivity contribution in [2.75, 3.05) is 0 Å². The van der Waals surface area contributed by atoms with Crippen LogP contribution in [0.4, 0.5) is 13.2 Å². The van der Waals surface area contributed by atoms with Crippen LogP contribution in [0.1, 0.15) is 11.9 Å². The number of amides is 1. The fourth-order valence-electron chi connectivity index (χ4n) is 2.21. The van der Waals surface area contributed by atoms with Gasteiger partial charge in [0.15, 0.2) is 11.6 Å². The van der Waals surface area contributed by atoms with Gasteiger partial charge in [-0.25, -0.2) is 13.2 Å². The Hall–Kier alpha value is -2.76. The first-order valence-corrected chi connectivity index (χ1v) is 5.96. The molecule has 106 valence electrons. The highest BCUT2D eigenvalue weighted by atomic mass is 19.2. The van der Waals surface area contributed by atoms with Crippen molar-refractivity contribution in [3.05, 3.63) is 59.5 Å². The molecule has 21 heavy (non-hydrogen) atoms. The lowest BCUT2D eigenvalue weighted by atomic mass is 10.0. The SMILES string of the molecule is [2H]c1c(F)cc(-c2cccc3cc(C(N)=O)[nH]c23)c(F)c1F. The van der Waals surface area contributed by atoms with Crippen LogP contribution in [0, 0.1) is 17.5 Å². The van der Waals surface area contributed by atoms with Crippen molar-refractivity contribution < 1.29 is 19.3 Å². The minimum atomic E-state index is -1.56. The molecular weight excluding hydrogens is 281 g/mol. The summed E-state index contributed by atoms with van der Waals surface area (Å²) in [7, 11) is 0. The Bertz CT molecular complexity index is 921. The molecule has 0 bridgehead atoms. The van der Waals surface area contributed by atoms with Gasteiger partial charge in [-0.05, 0) is 12.1 Å². The maximum atomic E-state index is 14.1. The van der Waals surface area contributed by atoms with Gasteiger partial charge < -0.3 is 10.7 Å². The number of benzene rings is 2. The summed E-state index contributed by atoms with van der Waals surface area (Å²) in [4.78, 5) is 13.9. The Morgan fingerprint density at radius 1 is 1.19 bits per heavy atom. The highest BCUT2D eigenvalue weighted by Crippen LogP contribution is 2.32. The van der Waals surface area contributed by atoms with E-state index in [1.54, 1.807) is 12.1 Å². The monoisotopic (exact) mass is 291 g/mol. The summed E-state index contributed by atoms with van der Waals surface area (Å²) in [5, 5.41) is 0.543. The lowest BCUT2D eigenvalue weighted by molar-refractivity contribution is 0.0996. The molecule has 0 radical (unpaired) electrons. The Kier molecular flexibility index (Phi) is 2.67. The van der Waals surface area contributed by atoms with Crippen molar-refractivity contribution in [2.24, 2.45) is 5.73 Å². The number of para-hydroxylation sites is 1. The Labute approximate surface area is 118 Å². The van der Waals surface area contributed by atoms with E-state index in [2.05, 4.69) is 4.98 Å². The average Bonchev–Trinajstić information content (AvgIpc) is 2.93. The number of primary amides is 1. The van der Waals surface area contributed by atoms with Crippen LogP contribution in [-0.2, 0) is 0 Å². The van der Waals surface area contributed by atoms with Gasteiger partial charge in [-0.15, -0.1) is 0 Å². The minimum absolute atomic E-state index is 0.0981. The van der Waals surface area contributed by atoms with Crippen molar-refractivity contribution in [2.45, 2.75) is 0 Å². The number of aromatic nitrogens is 1. The second-order valence-corrected chi connectivity index (χ2v) is 4.48. The molecule has 3 nitrogen and oxygen atoms in total. The molecule has 0 unspecified atom stereocenters. The zero-order chi connectivity index (χ0) is 16.0. The van der Waals surface area contributed by atoms with Crippen LogP contribution < -0.4 is 5.73 Å². The molecule has 3 rings (SSSR count). The number of carbonyl (C=O) groups excluding carboxylic acids is 1. The molecule has 0 aliphatic rings. The third-order valence-electron chi connectivity index (χ3n) is 3.14. The predicted molar refractivity (Wildman–Crippen MR) is 72.1 cm³/mol. The molecule has 1 heterocycles. The van der Waals surface area contributed by atoms with Crippen LogP contribution in [0.5, 0.6) is 0 Å². The summed E-state index contributed by atoms with van der Waals surface area (Å²) in [5.74, 6) is -4.77. The van der Waals surface area contributed by atoms with Crippen molar-refractivity contribution in [1.82, 2.24) is 4.98 Å². The summed E-state index contributed by atoms with van der Waals surface area (Å²) < 4.78 is 48.3. The highest BCUT2D eigenvalue weighted by molar-refractivity contribution is 6.01. The van der Waals surface area contributed by atoms with Gasteiger partial charge in [0.05, 0.1) is 6.89 Å². The largest absolute Gasteiger partial charge is 0.364 e. The molecule has 0 aliphatic carbocycles. The molecule has 1 amide bonds. The third-order valence-corrected chi connectivity index (χ3v) is 3.14. The van der Waals surface area contributed by atoms with Crippen molar-refractivity contribution in [1.29, 1.82) is 0 Å². The number of H-pyrrole nitrogens is 1. The topological polar surface area (TPSA) is 58.9 Å². The molecule has 0 fully saturated rings. The molecule has 0 spiro atoms. The first kappa shape index (κ1) is 12.0. The first-order chi connectivity index (χ1) is 10.4. The number of hydrogen-bond acceptors (Lipinski definition) is 1. The molecule has 0 aliphatic heterocycles. The van der Waals surface area contributed by atoms with Gasteiger partial charge in [0.25, 0.3) is 5.91 Å². The fraction of sp³-hybridized carbons (Fsp3) is 0. The van der Waals surface area contributed by atoms with Gasteiger partial charge in [0.1, 0.15) is 11.5 Å². The van der Waals surface area contributed by atoms with E-state index in [4.69, 9.17) is 7.10 Å². The Morgan fingerprint density at radius 2 is 1.95 bits per heavy atom. The van der Waals surface area contributed by atoms with Gasteiger partial charge in [-0.2, -0.15) is 0 Å². The lowest BCUT2D eigenvalue weighted by Crippen LogP contribution is -2.10. The number of aromatic amines is 1. The summed E-state index contributed by atoms with van der Waals surface area (Å²) >= 11 is 0. The molecule has 0 saturated carbocycles. The Balaban J connectivity index is 2.34. The standard InChI is InChI=1S/C15H9F3N2O/c16-8-5-10(13(18)11(17)6-8)9-3-1-2-7-4-12(15(19)21)20-14(7)9/h1-6,20H,(H2,19,21)/i6D. The number of halogens is 3. The molecule has 0 saturated heterocycles. The zero-order valence-corrected chi connectivity index (χ0v) is 10.5. The van der Waals surface area contributed by atoms with Crippen LogP contribution >= 0.6 is 0 Å². The highest BCUT2D eigenvalue weighted by Gasteiger charge is 2.16. The Morgan fingerprint density at radius 3 is 2.67 bits per heavy atom. The average molecular weight is 291 g/mol. The van der Waals surface area contributed by atoms with Crippen LogP contribution in [0.15, 0.2) is 36.4 Å². The van der Waals surface area contributed by atoms with Crippen molar-refractivity contribution in [3.63, 3.8) is 0 Å². The maximum absolute atomic E-state index is 14.1. The number of nitrogens with one attached hydrogen (secondary N) is 1. The number of nitrogens with two attached hydrogens (primary N) is 1. The fourth-order valence-corrected chi connectivity index (χ4v) is 2.21. The summed E-state index contributed by atoms with van der Waals surface area (Å²) in [6.45, 7) is 0. The number of fused-ring (bicyclic) bond motifs is 1. The molecule has 3 aromatic rings. The number of rotatable bonds is 2. The maximum Gasteiger partial charge on any atom is 0.265 e. The second kappa shape index (κ2) is 4.66. The summed E-state index contributed by atoms with van der Waals surface area (Å²) in [6.07, 6.45) is 0. The molecule has 0 atom stereocenters. The minimum Gasteiger partial charge on any atom is -0.364 e. The van der Waals surface area contributed by atoms with E-state index >= 15 is 0 Å². The first-order valence-electron chi connectivity index (χ1n) is 6.46. The summed E-state index contributed by atoms with van der Waals surface area (Å²) in [5.41, 5.74) is 5.43. The van der Waals surface area contributed by atoms with Gasteiger partial charge in [-0.3, -0.25) is 4.79 Å². The van der Waals surface area contributed by atoms with Crippen molar-refractivity contribution in [3.8, 4) is 11.1 Å². The van der Waals surface area contributed by atoms with Crippen LogP contribution in [0.2, 0.25) is 0 Å². The molecule has 3 N–H and O–H groups in total. The molecular formula is C15H9F3N2O. The normalized spacial score (nSPS) is 11.7. The molecule has 2 aromatic carbocycles. The van der Waals surface area contributed by atoms with E-state index in [0.29, 0.717) is 10.9 Å². The van der Waals surface area contributed by atoms with Crippen molar-refractivity contribution >= 4 is 16.8 Å². The lowest BCUT2D eigenvalue weighted by Gasteiger charge is -2.06. The molecule has 1 aromatic heterocycles. The van der Waals surface area contributed by atoms with E-state index < -0.39 is 29.4 Å². The van der Waals surface area contributed by atoms with E-state index in [0.717, 1.165) is 6.07 Å².